The van der Waals surface area contributed by atoms with Crippen LogP contribution < -0.4 is 4.90 Å². The van der Waals surface area contributed by atoms with E-state index in [1.165, 1.54) is 93.7 Å². The lowest BCUT2D eigenvalue weighted by atomic mass is 9.78. The van der Waals surface area contributed by atoms with Crippen LogP contribution in [0.1, 0.15) is 53.6 Å². The van der Waals surface area contributed by atoms with Gasteiger partial charge >= 0.3 is 0 Å². The van der Waals surface area contributed by atoms with E-state index in [1.54, 1.807) is 0 Å². The van der Waals surface area contributed by atoms with Crippen molar-refractivity contribution in [2.75, 3.05) is 4.90 Å². The molecule has 1 heterocycles. The third-order valence-electron chi connectivity index (χ3n) is 13.7. The van der Waals surface area contributed by atoms with Gasteiger partial charge in [-0.3, -0.25) is 0 Å². The van der Waals surface area contributed by atoms with Gasteiger partial charge in [-0.1, -0.05) is 166 Å². The maximum absolute atomic E-state index is 2.49. The van der Waals surface area contributed by atoms with Gasteiger partial charge in [0.05, 0.1) is 16.9 Å². The monoisotopic (exact) mass is 794 g/mol. The highest BCUT2D eigenvalue weighted by Gasteiger charge is 2.30. The van der Waals surface area contributed by atoms with Crippen LogP contribution in [0, 0.1) is 5.92 Å². The lowest BCUT2D eigenvalue weighted by molar-refractivity contribution is 0.671. The van der Waals surface area contributed by atoms with Gasteiger partial charge in [0.1, 0.15) is 0 Å². The van der Waals surface area contributed by atoms with Crippen molar-refractivity contribution in [3.8, 4) is 16.8 Å². The van der Waals surface area contributed by atoms with Gasteiger partial charge in [0.25, 0.3) is 0 Å². The lowest BCUT2D eigenvalue weighted by Gasteiger charge is -2.30. The number of benzene rings is 9. The van der Waals surface area contributed by atoms with Crippen LogP contribution in [0.4, 0.5) is 17.1 Å². The topological polar surface area (TPSA) is 8.17 Å². The molecule has 0 amide bonds. The first kappa shape index (κ1) is 36.4. The quantitative estimate of drug-likeness (QED) is 0.152. The van der Waals surface area contributed by atoms with E-state index in [0.717, 1.165) is 17.8 Å². The van der Waals surface area contributed by atoms with Crippen molar-refractivity contribution < 1.29 is 0 Å². The first-order chi connectivity index (χ1) is 30.6. The molecule has 2 aliphatic carbocycles. The summed E-state index contributed by atoms with van der Waals surface area (Å²) in [6.45, 7) is 4.72. The van der Waals surface area contributed by atoms with E-state index in [-0.39, 0.29) is 11.8 Å². The van der Waals surface area contributed by atoms with Gasteiger partial charge in [0.2, 0.25) is 0 Å². The minimum atomic E-state index is 0.236. The van der Waals surface area contributed by atoms with Gasteiger partial charge in [0.15, 0.2) is 0 Å². The molecule has 0 bridgehead atoms. The second kappa shape index (κ2) is 14.6. The fourth-order valence-corrected chi connectivity index (χ4v) is 10.8. The minimum Gasteiger partial charge on any atom is -0.310 e. The van der Waals surface area contributed by atoms with Crippen molar-refractivity contribution in [2.45, 2.75) is 32.1 Å². The Morgan fingerprint density at radius 1 is 0.516 bits per heavy atom. The van der Waals surface area contributed by atoms with E-state index >= 15 is 0 Å². The van der Waals surface area contributed by atoms with Crippen molar-refractivity contribution in [1.82, 2.24) is 4.57 Å². The Morgan fingerprint density at radius 2 is 1.21 bits per heavy atom. The average molecular weight is 795 g/mol. The van der Waals surface area contributed by atoms with Gasteiger partial charge in [-0.15, -0.1) is 0 Å². The first-order valence-electron chi connectivity index (χ1n) is 22.1. The lowest BCUT2D eigenvalue weighted by Crippen LogP contribution is -2.13. The standard InChI is InChI=1S/C60H46N2/c1-39-27-32-50-44(35-39)37-56(53-23-9-8-21-51(50)53)42-16-14-19-47(36-42)61(59-38-43-15-6-7-20-49(43)52-22-10-11-24-54(52)59)46-30-28-41(29-31-46)48-33-34-58-60(40(48)2)55-25-12-13-26-57(55)62(58)45-17-4-3-5-18-45/h3-34,36-40,48H,35H2,1-2H3. The molecule has 3 atom stereocenters. The Labute approximate surface area is 363 Å². The van der Waals surface area contributed by atoms with Crippen LogP contribution in [0.15, 0.2) is 200 Å². The van der Waals surface area contributed by atoms with E-state index < -0.39 is 0 Å². The van der Waals surface area contributed by atoms with Gasteiger partial charge < -0.3 is 9.47 Å². The number of allylic oxidation sites excluding steroid dienone is 2. The van der Waals surface area contributed by atoms with E-state index in [9.17, 15) is 0 Å². The maximum atomic E-state index is 2.49. The predicted molar refractivity (Wildman–Crippen MR) is 264 cm³/mol. The zero-order chi connectivity index (χ0) is 41.3. The number of anilines is 3. The van der Waals surface area contributed by atoms with E-state index in [1.807, 2.05) is 0 Å². The molecule has 12 rings (SSSR count). The summed E-state index contributed by atoms with van der Waals surface area (Å²) in [5, 5.41) is 8.93. The summed E-state index contributed by atoms with van der Waals surface area (Å²) in [6, 6.07) is 69.8. The molecule has 0 spiro atoms. The molecule has 0 saturated heterocycles. The summed E-state index contributed by atoms with van der Waals surface area (Å²) >= 11 is 0. The molecule has 9 aromatic carbocycles. The Kier molecular flexibility index (Phi) is 8.60. The zero-order valence-electron chi connectivity index (χ0n) is 35.0. The second-order valence-electron chi connectivity index (χ2n) is 17.4. The number of nitrogens with zero attached hydrogens (tertiary/aromatic N) is 2. The molecule has 296 valence electrons. The molecule has 2 heteroatoms. The Bertz CT molecular complexity index is 3420. The summed E-state index contributed by atoms with van der Waals surface area (Å²) < 4.78 is 2.43. The number of fused-ring (bicyclic) bond motifs is 9. The average Bonchev–Trinajstić information content (AvgIpc) is 3.67. The number of hydrogen-bond acceptors (Lipinski definition) is 1. The fraction of sp³-hybridized carbons (Fsp3) is 0.100. The third kappa shape index (κ3) is 5.85. The summed E-state index contributed by atoms with van der Waals surface area (Å²) in [5.41, 5.74) is 15.2. The Hall–Kier alpha value is -7.42. The number of hydrogen-bond donors (Lipinski definition) is 0. The van der Waals surface area contributed by atoms with Crippen molar-refractivity contribution >= 4 is 72.4 Å². The SMILES string of the molecule is CC1C=Cc2c(cc(-c3cccc(N(c4ccc(C5C=Cc6c(c7ccccc7n6-c6ccccc6)C5C)cc4)c4cc5ccccc5c5ccccc45)c3)c3ccccc23)C1. The van der Waals surface area contributed by atoms with Crippen LogP contribution >= 0.6 is 0 Å². The van der Waals surface area contributed by atoms with Crippen LogP contribution in [-0.4, -0.2) is 4.57 Å². The minimum absolute atomic E-state index is 0.236. The molecule has 0 N–H and O–H groups in total. The summed E-state index contributed by atoms with van der Waals surface area (Å²) in [5.74, 6) is 1.05. The van der Waals surface area contributed by atoms with Crippen LogP contribution in [-0.2, 0) is 6.42 Å². The Morgan fingerprint density at radius 3 is 2.03 bits per heavy atom. The van der Waals surface area contributed by atoms with Gasteiger partial charge in [-0.25, -0.2) is 0 Å². The van der Waals surface area contributed by atoms with Crippen molar-refractivity contribution in [2.24, 2.45) is 5.92 Å². The molecule has 0 aliphatic heterocycles. The highest BCUT2D eigenvalue weighted by Crippen LogP contribution is 2.48. The van der Waals surface area contributed by atoms with Gasteiger partial charge in [0, 0.05) is 33.8 Å². The normalized spacial score (nSPS) is 16.8. The molecule has 3 unspecified atom stereocenters. The molecule has 0 radical (unpaired) electrons. The molecule has 2 nitrogen and oxygen atoms in total. The van der Waals surface area contributed by atoms with E-state index in [2.05, 4.69) is 236 Å². The summed E-state index contributed by atoms with van der Waals surface area (Å²) in [6.07, 6.45) is 10.5. The van der Waals surface area contributed by atoms with Crippen LogP contribution in [0.5, 0.6) is 0 Å². The molecular formula is C60H46N2. The molecule has 2 aliphatic rings. The molecule has 62 heavy (non-hydrogen) atoms. The Balaban J connectivity index is 1.00. The van der Waals surface area contributed by atoms with Crippen molar-refractivity contribution in [1.29, 1.82) is 0 Å². The fourth-order valence-electron chi connectivity index (χ4n) is 10.8. The summed E-state index contributed by atoms with van der Waals surface area (Å²) in [4.78, 5) is 2.49. The van der Waals surface area contributed by atoms with E-state index in [0.29, 0.717) is 5.92 Å². The zero-order valence-corrected chi connectivity index (χ0v) is 35.0. The smallest absolute Gasteiger partial charge is 0.0546 e. The van der Waals surface area contributed by atoms with Crippen molar-refractivity contribution in [3.05, 3.63) is 228 Å². The highest BCUT2D eigenvalue weighted by atomic mass is 15.1. The molecule has 1 aromatic heterocycles. The maximum Gasteiger partial charge on any atom is 0.0546 e. The molecule has 10 aromatic rings. The molecule has 0 saturated carbocycles. The second-order valence-corrected chi connectivity index (χ2v) is 17.4. The molecule has 0 fully saturated rings. The third-order valence-corrected chi connectivity index (χ3v) is 13.7. The first-order valence-corrected chi connectivity index (χ1v) is 22.1. The van der Waals surface area contributed by atoms with E-state index in [4.69, 9.17) is 0 Å². The number of aromatic nitrogens is 1. The van der Waals surface area contributed by atoms with Crippen LogP contribution in [0.25, 0.3) is 72.2 Å². The van der Waals surface area contributed by atoms with Gasteiger partial charge in [-0.2, -0.15) is 0 Å². The highest BCUT2D eigenvalue weighted by molar-refractivity contribution is 6.14. The predicted octanol–water partition coefficient (Wildman–Crippen LogP) is 16.3. The number of para-hydroxylation sites is 2. The largest absolute Gasteiger partial charge is 0.310 e. The van der Waals surface area contributed by atoms with Crippen LogP contribution in [0.3, 0.4) is 0 Å². The summed E-state index contributed by atoms with van der Waals surface area (Å²) in [7, 11) is 0. The van der Waals surface area contributed by atoms with Crippen molar-refractivity contribution in [3.63, 3.8) is 0 Å². The van der Waals surface area contributed by atoms with Crippen LogP contribution in [0.2, 0.25) is 0 Å². The van der Waals surface area contributed by atoms with Gasteiger partial charge in [-0.05, 0) is 139 Å². The number of rotatable bonds is 6. The molecular weight excluding hydrogens is 749 g/mol.